The number of aryl methyl sites for hydroxylation is 1. The van der Waals surface area contributed by atoms with Crippen LogP contribution in [0.15, 0.2) is 70.7 Å². The second-order valence-electron chi connectivity index (χ2n) is 10.7. The third-order valence-corrected chi connectivity index (χ3v) is 7.80. The average molecular weight is 513 g/mol. The van der Waals surface area contributed by atoms with Crippen molar-refractivity contribution in [2.24, 2.45) is 5.41 Å². The van der Waals surface area contributed by atoms with E-state index in [1.165, 1.54) is 6.07 Å². The maximum Gasteiger partial charge on any atom is 0.280 e. The minimum Gasteiger partial charge on any atom is -0.458 e. The summed E-state index contributed by atoms with van der Waals surface area (Å²) < 4.78 is 6.23. The fraction of sp³-hybridized carbons (Fsp3) is 0.233. The Labute approximate surface area is 219 Å². The molecule has 0 bridgehead atoms. The number of carbonyl (C=O) groups is 1. The molecule has 1 aliphatic heterocycles. The molecular formula is C30H25ClN2O4. The fourth-order valence-electron chi connectivity index (χ4n) is 5.72. The Kier molecular flexibility index (Phi) is 5.28. The van der Waals surface area contributed by atoms with Crippen LogP contribution in [-0.2, 0) is 4.79 Å². The molecule has 0 radical (unpaired) electrons. The first kappa shape index (κ1) is 23.5. The third kappa shape index (κ3) is 3.83. The Morgan fingerprint density at radius 2 is 1.86 bits per heavy atom. The zero-order valence-electron chi connectivity index (χ0n) is 20.7. The van der Waals surface area contributed by atoms with E-state index in [2.05, 4.69) is 43.4 Å². The average Bonchev–Trinajstić information content (AvgIpc) is 3.33. The Hall–Kier alpha value is -3.90. The number of ketones is 1. The van der Waals surface area contributed by atoms with E-state index in [-0.39, 0.29) is 16.9 Å². The number of allylic oxidation sites excluding steroid dienone is 1. The van der Waals surface area contributed by atoms with Crippen molar-refractivity contribution in [3.63, 3.8) is 0 Å². The maximum absolute atomic E-state index is 13.6. The van der Waals surface area contributed by atoms with E-state index in [4.69, 9.17) is 16.0 Å². The molecule has 1 atom stereocenters. The molecule has 37 heavy (non-hydrogen) atoms. The molecule has 0 spiro atoms. The molecule has 0 unspecified atom stereocenters. The molecule has 1 aliphatic carbocycles. The van der Waals surface area contributed by atoms with E-state index in [0.29, 0.717) is 39.7 Å². The monoisotopic (exact) mass is 512 g/mol. The van der Waals surface area contributed by atoms with Crippen LogP contribution >= 0.6 is 11.6 Å². The number of furan rings is 1. The summed E-state index contributed by atoms with van der Waals surface area (Å²) in [7, 11) is 0. The van der Waals surface area contributed by atoms with Crippen LogP contribution < -0.4 is 5.32 Å². The molecule has 6 rings (SSSR count). The Morgan fingerprint density at radius 1 is 1.08 bits per heavy atom. The van der Waals surface area contributed by atoms with Crippen LogP contribution in [0.4, 0.5) is 11.4 Å². The summed E-state index contributed by atoms with van der Waals surface area (Å²) in [6.45, 7) is 5.98. The van der Waals surface area contributed by atoms with Gasteiger partial charge in [0, 0.05) is 34.3 Å². The lowest BCUT2D eigenvalue weighted by molar-refractivity contribution is -0.384. The van der Waals surface area contributed by atoms with Gasteiger partial charge in [-0.05, 0) is 64.9 Å². The fourth-order valence-corrected chi connectivity index (χ4v) is 5.88. The zero-order valence-corrected chi connectivity index (χ0v) is 21.5. The molecule has 1 aromatic heterocycles. The van der Waals surface area contributed by atoms with Gasteiger partial charge >= 0.3 is 0 Å². The zero-order chi connectivity index (χ0) is 26.1. The van der Waals surface area contributed by atoms with Crippen LogP contribution in [0.3, 0.4) is 0 Å². The summed E-state index contributed by atoms with van der Waals surface area (Å²) in [6.07, 6.45) is 1.20. The topological polar surface area (TPSA) is 85.4 Å². The summed E-state index contributed by atoms with van der Waals surface area (Å²) in [5.41, 5.74) is 4.44. The molecule has 0 amide bonds. The molecule has 1 N–H and O–H groups in total. The number of anilines is 1. The van der Waals surface area contributed by atoms with E-state index >= 15 is 0 Å². The lowest BCUT2D eigenvalue weighted by Gasteiger charge is -2.39. The van der Waals surface area contributed by atoms with Crippen molar-refractivity contribution in [2.75, 3.05) is 5.32 Å². The van der Waals surface area contributed by atoms with Gasteiger partial charge in [0.15, 0.2) is 5.78 Å². The van der Waals surface area contributed by atoms with Gasteiger partial charge in [-0.15, -0.1) is 0 Å². The normalized spacial score (nSPS) is 18.4. The Bertz CT molecular complexity index is 1660. The summed E-state index contributed by atoms with van der Waals surface area (Å²) in [6, 6.07) is 18.3. The van der Waals surface area contributed by atoms with Crippen molar-refractivity contribution in [2.45, 2.75) is 39.7 Å². The van der Waals surface area contributed by atoms with Crippen LogP contribution in [0.25, 0.3) is 27.7 Å². The predicted octanol–water partition coefficient (Wildman–Crippen LogP) is 8.28. The summed E-state index contributed by atoms with van der Waals surface area (Å²) in [4.78, 5) is 25.0. The number of rotatable bonds is 3. The van der Waals surface area contributed by atoms with Gasteiger partial charge in [-0.2, -0.15) is 0 Å². The van der Waals surface area contributed by atoms with Gasteiger partial charge in [0.05, 0.1) is 10.5 Å². The predicted molar refractivity (Wildman–Crippen MR) is 146 cm³/mol. The van der Waals surface area contributed by atoms with Crippen LogP contribution in [0.2, 0.25) is 5.02 Å². The van der Waals surface area contributed by atoms with Crippen molar-refractivity contribution in [3.05, 3.63) is 98.3 Å². The quantitative estimate of drug-likeness (QED) is 0.220. The molecular weight excluding hydrogens is 488 g/mol. The number of nitro benzene ring substituents is 1. The standard InChI is InChI=1S/C30H25ClN2O4/c1-16-12-23(33(35)36)19(13-21(16)31)25-10-11-26(37-25)29-28-20(14-30(2,3)15-24(28)34)27-18-7-5-4-6-17(18)8-9-22(27)32-29/h4-13,29,32H,14-15H2,1-3H3/t29-/m1/s1. The van der Waals surface area contributed by atoms with Crippen molar-refractivity contribution in [1.82, 2.24) is 0 Å². The molecule has 7 heteroatoms. The first-order chi connectivity index (χ1) is 17.6. The van der Waals surface area contributed by atoms with E-state index in [1.54, 1.807) is 25.1 Å². The highest BCUT2D eigenvalue weighted by molar-refractivity contribution is 6.31. The molecule has 2 heterocycles. The van der Waals surface area contributed by atoms with Gasteiger partial charge in [0.1, 0.15) is 17.6 Å². The number of Topliss-reactive ketones (excluding diaryl/α,β-unsaturated/α-hetero) is 1. The first-order valence-electron chi connectivity index (χ1n) is 12.2. The van der Waals surface area contributed by atoms with Gasteiger partial charge in [-0.1, -0.05) is 55.8 Å². The molecule has 0 fully saturated rings. The highest BCUT2D eigenvalue weighted by Gasteiger charge is 2.42. The van der Waals surface area contributed by atoms with Crippen molar-refractivity contribution < 1.29 is 14.1 Å². The number of nitrogens with zero attached hydrogens (tertiary/aromatic N) is 1. The van der Waals surface area contributed by atoms with Crippen molar-refractivity contribution >= 4 is 45.1 Å². The number of hydrogen-bond acceptors (Lipinski definition) is 5. The van der Waals surface area contributed by atoms with Gasteiger partial charge in [0.25, 0.3) is 5.69 Å². The van der Waals surface area contributed by atoms with Gasteiger partial charge in [0.2, 0.25) is 0 Å². The summed E-state index contributed by atoms with van der Waals surface area (Å²) in [5, 5.41) is 18.0. The van der Waals surface area contributed by atoms with Crippen molar-refractivity contribution in [1.29, 1.82) is 0 Å². The molecule has 0 saturated carbocycles. The summed E-state index contributed by atoms with van der Waals surface area (Å²) in [5.74, 6) is 0.949. The van der Waals surface area contributed by atoms with E-state index in [9.17, 15) is 14.9 Å². The second kappa shape index (κ2) is 8.32. The number of fused-ring (bicyclic) bond motifs is 4. The van der Waals surface area contributed by atoms with E-state index in [0.717, 1.165) is 34.0 Å². The molecule has 0 saturated heterocycles. The molecule has 6 nitrogen and oxygen atoms in total. The smallest absolute Gasteiger partial charge is 0.280 e. The van der Waals surface area contributed by atoms with Crippen LogP contribution in [-0.4, -0.2) is 10.7 Å². The molecule has 3 aromatic carbocycles. The van der Waals surface area contributed by atoms with Crippen LogP contribution in [0, 0.1) is 22.5 Å². The molecule has 2 aliphatic rings. The van der Waals surface area contributed by atoms with Gasteiger partial charge in [-0.25, -0.2) is 0 Å². The third-order valence-electron chi connectivity index (χ3n) is 7.39. The van der Waals surface area contributed by atoms with Crippen LogP contribution in [0.1, 0.15) is 49.6 Å². The highest BCUT2D eigenvalue weighted by Crippen LogP contribution is 2.52. The second-order valence-corrected chi connectivity index (χ2v) is 11.1. The van der Waals surface area contributed by atoms with E-state index in [1.807, 2.05) is 12.1 Å². The number of nitrogens with one attached hydrogen (secondary N) is 1. The first-order valence-corrected chi connectivity index (χ1v) is 12.6. The lowest BCUT2D eigenvalue weighted by atomic mass is 9.68. The molecule has 186 valence electrons. The SMILES string of the molecule is Cc1cc([N+](=O)[O-])c(-c2ccc([C@H]3Nc4ccc5ccccc5c4C4=C3C(=O)CC(C)(C)C4)o2)cc1Cl. The summed E-state index contributed by atoms with van der Waals surface area (Å²) >= 11 is 6.31. The van der Waals surface area contributed by atoms with Gasteiger partial charge in [-0.3, -0.25) is 14.9 Å². The lowest BCUT2D eigenvalue weighted by Crippen LogP contribution is -2.33. The Balaban J connectivity index is 1.53. The minimum atomic E-state index is -0.499. The number of hydrogen-bond donors (Lipinski definition) is 1. The van der Waals surface area contributed by atoms with Crippen molar-refractivity contribution in [3.8, 4) is 11.3 Å². The van der Waals surface area contributed by atoms with E-state index < -0.39 is 11.0 Å². The number of halogens is 1. The van der Waals surface area contributed by atoms with Gasteiger partial charge < -0.3 is 9.73 Å². The maximum atomic E-state index is 13.6. The number of nitro groups is 1. The minimum absolute atomic E-state index is 0.0772. The largest absolute Gasteiger partial charge is 0.458 e. The number of benzene rings is 3. The molecule has 4 aromatic rings. The van der Waals surface area contributed by atoms with Crippen LogP contribution in [0.5, 0.6) is 0 Å². The Morgan fingerprint density at radius 3 is 2.65 bits per heavy atom. The number of carbonyl (C=O) groups excluding carboxylic acids is 1. The highest BCUT2D eigenvalue weighted by atomic mass is 35.5.